The fourth-order valence-corrected chi connectivity index (χ4v) is 3.20. The first-order valence-corrected chi connectivity index (χ1v) is 10.00. The van der Waals surface area contributed by atoms with Gasteiger partial charge in [0.2, 0.25) is 11.5 Å². The molecule has 10 heteroatoms. The van der Waals surface area contributed by atoms with Gasteiger partial charge in [0.1, 0.15) is 23.0 Å². The van der Waals surface area contributed by atoms with Gasteiger partial charge in [-0.15, -0.1) is 0 Å². The van der Waals surface area contributed by atoms with Gasteiger partial charge in [0.15, 0.2) is 0 Å². The molecule has 1 atom stereocenters. The number of carbonyl (C=O) groups excluding carboxylic acids is 2. The summed E-state index contributed by atoms with van der Waals surface area (Å²) in [6.07, 6.45) is 2.77. The third-order valence-corrected chi connectivity index (χ3v) is 4.89. The highest BCUT2D eigenvalue weighted by Gasteiger charge is 2.41. The number of esters is 1. The molecule has 0 aliphatic heterocycles. The predicted octanol–water partition coefficient (Wildman–Crippen LogP) is 3.24. The number of methoxy groups -OCH3 is 4. The fourth-order valence-electron chi connectivity index (χ4n) is 3.20. The zero-order valence-electron chi connectivity index (χ0n) is 19.8. The molecular formula is C24H27NO9. The highest BCUT2D eigenvalue weighted by molar-refractivity contribution is 6.02. The monoisotopic (exact) mass is 473 g/mol. The second-order valence-corrected chi connectivity index (χ2v) is 7.12. The topological polar surface area (TPSA) is 130 Å². The number of carboxylic acids is 1. The van der Waals surface area contributed by atoms with Crippen molar-refractivity contribution in [2.24, 2.45) is 0 Å². The Morgan fingerprint density at radius 2 is 1.50 bits per heavy atom. The van der Waals surface area contributed by atoms with E-state index in [9.17, 15) is 19.5 Å². The summed E-state index contributed by atoms with van der Waals surface area (Å²) < 4.78 is 26.2. The SMILES string of the molecule is COc1cc(OC)c(C=CC(=O)Nc2ccc(OC)c(C(C)(OC(C)=O)C(=O)O)c2)c(OC)c1. The molecule has 0 aliphatic rings. The maximum Gasteiger partial charge on any atom is 0.352 e. The highest BCUT2D eigenvalue weighted by atomic mass is 16.6. The third-order valence-electron chi connectivity index (χ3n) is 4.89. The quantitative estimate of drug-likeness (QED) is 0.394. The van der Waals surface area contributed by atoms with Crippen LogP contribution in [0.2, 0.25) is 0 Å². The average molecular weight is 473 g/mol. The minimum absolute atomic E-state index is 0.0537. The number of rotatable bonds is 10. The number of amides is 1. The minimum Gasteiger partial charge on any atom is -0.496 e. The summed E-state index contributed by atoms with van der Waals surface area (Å²) >= 11 is 0. The van der Waals surface area contributed by atoms with Crippen molar-refractivity contribution in [1.29, 1.82) is 0 Å². The Morgan fingerprint density at radius 1 is 0.912 bits per heavy atom. The number of benzene rings is 2. The second kappa shape index (κ2) is 11.1. The van der Waals surface area contributed by atoms with Crippen LogP contribution in [0, 0.1) is 0 Å². The molecule has 1 unspecified atom stereocenters. The number of aliphatic carboxylic acids is 1. The lowest BCUT2D eigenvalue weighted by Crippen LogP contribution is -2.37. The van der Waals surface area contributed by atoms with Gasteiger partial charge in [0, 0.05) is 30.8 Å². The van der Waals surface area contributed by atoms with Crippen molar-refractivity contribution in [3.63, 3.8) is 0 Å². The Balaban J connectivity index is 2.38. The predicted molar refractivity (Wildman–Crippen MR) is 124 cm³/mol. The summed E-state index contributed by atoms with van der Waals surface area (Å²) in [4.78, 5) is 36.0. The van der Waals surface area contributed by atoms with E-state index < -0.39 is 23.4 Å². The maximum absolute atomic E-state index is 12.6. The average Bonchev–Trinajstić information content (AvgIpc) is 2.81. The van der Waals surface area contributed by atoms with Gasteiger partial charge in [-0.2, -0.15) is 0 Å². The smallest absolute Gasteiger partial charge is 0.352 e. The van der Waals surface area contributed by atoms with Crippen molar-refractivity contribution in [2.75, 3.05) is 33.8 Å². The first-order valence-electron chi connectivity index (χ1n) is 10.00. The Bertz CT molecular complexity index is 1080. The van der Waals surface area contributed by atoms with Gasteiger partial charge >= 0.3 is 11.9 Å². The number of anilines is 1. The van der Waals surface area contributed by atoms with Gasteiger partial charge in [-0.1, -0.05) is 0 Å². The molecule has 34 heavy (non-hydrogen) atoms. The number of ether oxygens (including phenoxy) is 5. The third kappa shape index (κ3) is 5.77. The van der Waals surface area contributed by atoms with Crippen LogP contribution in [0.4, 0.5) is 5.69 Å². The molecule has 0 bridgehead atoms. The molecule has 2 N–H and O–H groups in total. The molecule has 0 radical (unpaired) electrons. The van der Waals surface area contributed by atoms with E-state index >= 15 is 0 Å². The largest absolute Gasteiger partial charge is 0.496 e. The Labute approximate surface area is 197 Å². The Kier molecular flexibility index (Phi) is 8.49. The van der Waals surface area contributed by atoms with Crippen molar-refractivity contribution in [3.05, 3.63) is 47.5 Å². The molecule has 0 heterocycles. The Morgan fingerprint density at radius 3 is 1.97 bits per heavy atom. The zero-order chi connectivity index (χ0) is 25.5. The zero-order valence-corrected chi connectivity index (χ0v) is 19.8. The molecule has 0 fully saturated rings. The van der Waals surface area contributed by atoms with Gasteiger partial charge in [-0.3, -0.25) is 9.59 Å². The van der Waals surface area contributed by atoms with Crippen LogP contribution in [-0.2, 0) is 24.7 Å². The number of hydrogen-bond donors (Lipinski definition) is 2. The van der Waals surface area contributed by atoms with Gasteiger partial charge in [0.25, 0.3) is 0 Å². The van der Waals surface area contributed by atoms with Crippen LogP contribution in [0.25, 0.3) is 6.08 Å². The lowest BCUT2D eigenvalue weighted by molar-refractivity contribution is -0.176. The molecule has 0 aliphatic carbocycles. The van der Waals surface area contributed by atoms with E-state index in [1.807, 2.05) is 0 Å². The van der Waals surface area contributed by atoms with Gasteiger partial charge in [-0.25, -0.2) is 4.79 Å². The van der Waals surface area contributed by atoms with E-state index in [1.165, 1.54) is 65.7 Å². The minimum atomic E-state index is -2.03. The summed E-state index contributed by atoms with van der Waals surface area (Å²) in [6.45, 7) is 2.33. The van der Waals surface area contributed by atoms with Gasteiger partial charge in [-0.05, 0) is 31.2 Å². The van der Waals surface area contributed by atoms with E-state index in [-0.39, 0.29) is 17.0 Å². The van der Waals surface area contributed by atoms with E-state index in [0.717, 1.165) is 6.92 Å². The van der Waals surface area contributed by atoms with Crippen molar-refractivity contribution in [3.8, 4) is 23.0 Å². The van der Waals surface area contributed by atoms with Crippen LogP contribution in [0.1, 0.15) is 25.0 Å². The maximum atomic E-state index is 12.6. The molecule has 0 saturated carbocycles. The molecule has 2 rings (SSSR count). The second-order valence-electron chi connectivity index (χ2n) is 7.12. The molecule has 2 aromatic rings. The number of nitrogens with one attached hydrogen (secondary N) is 1. The van der Waals surface area contributed by atoms with Gasteiger partial charge in [0.05, 0.1) is 39.6 Å². The Hall–Kier alpha value is -4.21. The summed E-state index contributed by atoms with van der Waals surface area (Å²) in [5.41, 5.74) is -1.20. The summed E-state index contributed by atoms with van der Waals surface area (Å²) in [5, 5.41) is 12.4. The van der Waals surface area contributed by atoms with Crippen molar-refractivity contribution >= 4 is 29.6 Å². The number of carboxylic acid groups (broad SMARTS) is 1. The van der Waals surface area contributed by atoms with E-state index in [4.69, 9.17) is 23.7 Å². The highest BCUT2D eigenvalue weighted by Crippen LogP contribution is 2.37. The summed E-state index contributed by atoms with van der Waals surface area (Å²) in [6, 6.07) is 7.67. The van der Waals surface area contributed by atoms with Crippen LogP contribution in [0.15, 0.2) is 36.4 Å². The van der Waals surface area contributed by atoms with Crippen LogP contribution in [0.3, 0.4) is 0 Å². The number of hydrogen-bond acceptors (Lipinski definition) is 8. The molecule has 0 saturated heterocycles. The van der Waals surface area contributed by atoms with E-state index in [2.05, 4.69) is 5.32 Å². The van der Waals surface area contributed by atoms with Crippen LogP contribution in [0.5, 0.6) is 23.0 Å². The standard InChI is InChI=1S/C24H27NO9/c1-14(26)34-24(2,23(28)29)18-11-15(7-9-19(18)31-4)25-22(27)10-8-17-20(32-5)12-16(30-3)13-21(17)33-6/h7-13H,1-6H3,(H,25,27)(H,28,29). The molecular weight excluding hydrogens is 446 g/mol. The molecule has 10 nitrogen and oxygen atoms in total. The lowest BCUT2D eigenvalue weighted by Gasteiger charge is -2.27. The first kappa shape index (κ1) is 26.0. The molecule has 0 aromatic heterocycles. The molecule has 182 valence electrons. The van der Waals surface area contributed by atoms with Gasteiger partial charge < -0.3 is 34.1 Å². The van der Waals surface area contributed by atoms with Crippen molar-refractivity contribution in [2.45, 2.75) is 19.4 Å². The first-order chi connectivity index (χ1) is 16.1. The summed E-state index contributed by atoms with van der Waals surface area (Å²) in [5.74, 6) is -1.13. The van der Waals surface area contributed by atoms with Crippen molar-refractivity contribution in [1.82, 2.24) is 0 Å². The number of carbonyl (C=O) groups is 3. The summed E-state index contributed by atoms with van der Waals surface area (Å²) in [7, 11) is 5.82. The molecule has 2 aromatic carbocycles. The van der Waals surface area contributed by atoms with Crippen LogP contribution < -0.4 is 24.3 Å². The lowest BCUT2D eigenvalue weighted by atomic mass is 9.94. The van der Waals surface area contributed by atoms with Crippen LogP contribution in [-0.4, -0.2) is 51.4 Å². The normalized spacial score (nSPS) is 12.4. The van der Waals surface area contributed by atoms with E-state index in [0.29, 0.717) is 22.8 Å². The molecule has 1 amide bonds. The van der Waals surface area contributed by atoms with E-state index in [1.54, 1.807) is 12.1 Å². The van der Waals surface area contributed by atoms with Crippen LogP contribution >= 0.6 is 0 Å². The molecule has 0 spiro atoms. The fraction of sp³-hybridized carbons (Fsp3) is 0.292. The van der Waals surface area contributed by atoms with Crippen molar-refractivity contribution < 1.29 is 43.2 Å².